The molecule has 0 aliphatic heterocycles. The average molecular weight is 356 g/mol. The first-order valence-corrected chi connectivity index (χ1v) is 8.69. The van der Waals surface area contributed by atoms with Crippen molar-refractivity contribution < 1.29 is 4.74 Å². The topological polar surface area (TPSA) is 21.3 Å². The summed E-state index contributed by atoms with van der Waals surface area (Å²) in [4.78, 5) is 0. The van der Waals surface area contributed by atoms with Crippen LogP contribution in [0.4, 0.5) is 0 Å². The Morgan fingerprint density at radius 1 is 1.29 bits per heavy atom. The predicted octanol–water partition coefficient (Wildman–Crippen LogP) is 5.46. The van der Waals surface area contributed by atoms with Crippen molar-refractivity contribution in [2.45, 2.75) is 66.5 Å². The van der Waals surface area contributed by atoms with E-state index in [0.29, 0.717) is 5.92 Å². The van der Waals surface area contributed by atoms with Crippen LogP contribution in [0.5, 0.6) is 5.75 Å². The van der Waals surface area contributed by atoms with Crippen LogP contribution in [0.25, 0.3) is 0 Å². The van der Waals surface area contributed by atoms with Crippen molar-refractivity contribution in [3.05, 3.63) is 27.7 Å². The SMILES string of the molecule is CCCC(C)COc1c(C)cc(Br)cc1CNC(C)(C)C. The van der Waals surface area contributed by atoms with E-state index < -0.39 is 0 Å². The smallest absolute Gasteiger partial charge is 0.126 e. The first-order valence-electron chi connectivity index (χ1n) is 7.89. The van der Waals surface area contributed by atoms with Crippen LogP contribution in [0.1, 0.15) is 58.6 Å². The molecule has 1 N–H and O–H groups in total. The first kappa shape index (κ1) is 18.5. The van der Waals surface area contributed by atoms with Crippen LogP contribution in [0.15, 0.2) is 16.6 Å². The Labute approximate surface area is 138 Å². The number of benzene rings is 1. The van der Waals surface area contributed by atoms with Gasteiger partial charge in [0, 0.05) is 22.1 Å². The average Bonchev–Trinajstić information content (AvgIpc) is 2.34. The summed E-state index contributed by atoms with van der Waals surface area (Å²) in [5.74, 6) is 1.64. The number of rotatable bonds is 7. The fourth-order valence-electron chi connectivity index (χ4n) is 2.30. The highest BCUT2D eigenvalue weighted by Crippen LogP contribution is 2.29. The van der Waals surface area contributed by atoms with Gasteiger partial charge in [-0.25, -0.2) is 0 Å². The molecule has 0 aromatic heterocycles. The van der Waals surface area contributed by atoms with E-state index in [9.17, 15) is 0 Å². The van der Waals surface area contributed by atoms with Crippen LogP contribution in [-0.4, -0.2) is 12.1 Å². The van der Waals surface area contributed by atoms with E-state index in [0.717, 1.165) is 23.4 Å². The number of ether oxygens (including phenoxy) is 1. The van der Waals surface area contributed by atoms with Crippen LogP contribution in [0, 0.1) is 12.8 Å². The van der Waals surface area contributed by atoms with Gasteiger partial charge in [0.15, 0.2) is 0 Å². The molecule has 0 saturated heterocycles. The van der Waals surface area contributed by atoms with Crippen molar-refractivity contribution >= 4 is 15.9 Å². The zero-order valence-corrected chi connectivity index (χ0v) is 15.9. The molecule has 0 aliphatic rings. The molecule has 0 saturated carbocycles. The molecule has 3 heteroatoms. The molecule has 0 amide bonds. The maximum atomic E-state index is 6.14. The van der Waals surface area contributed by atoms with Crippen LogP contribution in [0.3, 0.4) is 0 Å². The van der Waals surface area contributed by atoms with E-state index in [1.807, 2.05) is 0 Å². The van der Waals surface area contributed by atoms with E-state index in [-0.39, 0.29) is 5.54 Å². The summed E-state index contributed by atoms with van der Waals surface area (Å²) < 4.78 is 7.25. The highest BCUT2D eigenvalue weighted by atomic mass is 79.9. The van der Waals surface area contributed by atoms with Gasteiger partial charge in [-0.15, -0.1) is 0 Å². The van der Waals surface area contributed by atoms with E-state index >= 15 is 0 Å². The fourth-order valence-corrected chi connectivity index (χ4v) is 2.92. The number of nitrogens with one attached hydrogen (secondary N) is 1. The summed E-state index contributed by atoms with van der Waals surface area (Å²) in [6.45, 7) is 14.8. The first-order chi connectivity index (χ1) is 9.73. The van der Waals surface area contributed by atoms with Gasteiger partial charge in [0.25, 0.3) is 0 Å². The molecule has 0 aliphatic carbocycles. The molecule has 0 bridgehead atoms. The lowest BCUT2D eigenvalue weighted by Crippen LogP contribution is -2.35. The van der Waals surface area contributed by atoms with E-state index in [2.05, 4.69) is 74.9 Å². The molecule has 0 fully saturated rings. The van der Waals surface area contributed by atoms with Crippen LogP contribution in [-0.2, 0) is 6.54 Å². The Morgan fingerprint density at radius 3 is 2.52 bits per heavy atom. The second-order valence-corrected chi connectivity index (χ2v) is 7.94. The van der Waals surface area contributed by atoms with Crippen molar-refractivity contribution in [1.82, 2.24) is 5.32 Å². The van der Waals surface area contributed by atoms with Crippen LogP contribution >= 0.6 is 15.9 Å². The summed E-state index contributed by atoms with van der Waals surface area (Å²) in [7, 11) is 0. The van der Waals surface area contributed by atoms with Gasteiger partial charge >= 0.3 is 0 Å². The fraction of sp³-hybridized carbons (Fsp3) is 0.667. The molecular formula is C18H30BrNO. The lowest BCUT2D eigenvalue weighted by molar-refractivity contribution is 0.246. The third-order valence-electron chi connectivity index (χ3n) is 3.42. The molecule has 1 unspecified atom stereocenters. The molecule has 0 spiro atoms. The summed E-state index contributed by atoms with van der Waals surface area (Å²) in [6, 6.07) is 4.28. The lowest BCUT2D eigenvalue weighted by atomic mass is 10.1. The number of aryl methyl sites for hydroxylation is 1. The predicted molar refractivity (Wildman–Crippen MR) is 95.0 cm³/mol. The van der Waals surface area contributed by atoms with E-state index in [1.165, 1.54) is 24.0 Å². The Bertz CT molecular complexity index is 451. The van der Waals surface area contributed by atoms with Gasteiger partial charge in [-0.1, -0.05) is 36.2 Å². The summed E-state index contributed by atoms with van der Waals surface area (Å²) in [6.07, 6.45) is 2.42. The second kappa shape index (κ2) is 8.19. The maximum absolute atomic E-state index is 6.14. The Morgan fingerprint density at radius 2 is 1.95 bits per heavy atom. The molecule has 120 valence electrons. The van der Waals surface area contributed by atoms with Crippen molar-refractivity contribution in [1.29, 1.82) is 0 Å². The van der Waals surface area contributed by atoms with Crippen molar-refractivity contribution in [2.24, 2.45) is 5.92 Å². The van der Waals surface area contributed by atoms with Gasteiger partial charge in [0.05, 0.1) is 6.61 Å². The van der Waals surface area contributed by atoms with Crippen LogP contribution < -0.4 is 10.1 Å². The van der Waals surface area contributed by atoms with Gasteiger partial charge in [0.2, 0.25) is 0 Å². The lowest BCUT2D eigenvalue weighted by Gasteiger charge is -2.23. The van der Waals surface area contributed by atoms with Crippen molar-refractivity contribution in [3.8, 4) is 5.75 Å². The highest BCUT2D eigenvalue weighted by molar-refractivity contribution is 9.10. The third kappa shape index (κ3) is 6.84. The zero-order valence-electron chi connectivity index (χ0n) is 14.3. The number of hydrogen-bond donors (Lipinski definition) is 1. The third-order valence-corrected chi connectivity index (χ3v) is 3.88. The van der Waals surface area contributed by atoms with Gasteiger partial charge < -0.3 is 10.1 Å². The molecule has 0 radical (unpaired) electrons. The highest BCUT2D eigenvalue weighted by Gasteiger charge is 2.14. The zero-order chi connectivity index (χ0) is 16.0. The molecule has 1 aromatic carbocycles. The van der Waals surface area contributed by atoms with Gasteiger partial charge in [-0.05, 0) is 57.7 Å². The van der Waals surface area contributed by atoms with Gasteiger partial charge in [0.1, 0.15) is 5.75 Å². The monoisotopic (exact) mass is 355 g/mol. The van der Waals surface area contributed by atoms with Gasteiger partial charge in [-0.2, -0.15) is 0 Å². The summed E-state index contributed by atoms with van der Waals surface area (Å²) in [5.41, 5.74) is 2.52. The minimum Gasteiger partial charge on any atom is -0.493 e. The van der Waals surface area contributed by atoms with Crippen molar-refractivity contribution in [2.75, 3.05) is 6.61 Å². The van der Waals surface area contributed by atoms with E-state index in [4.69, 9.17) is 4.74 Å². The quantitative estimate of drug-likeness (QED) is 0.700. The molecular weight excluding hydrogens is 326 g/mol. The Kier molecular flexibility index (Phi) is 7.22. The van der Waals surface area contributed by atoms with Crippen LogP contribution in [0.2, 0.25) is 0 Å². The molecule has 1 aromatic rings. The Balaban J connectivity index is 2.85. The second-order valence-electron chi connectivity index (χ2n) is 7.02. The van der Waals surface area contributed by atoms with Crippen molar-refractivity contribution in [3.63, 3.8) is 0 Å². The largest absolute Gasteiger partial charge is 0.493 e. The summed E-state index contributed by atoms with van der Waals surface area (Å²) in [5, 5.41) is 3.54. The molecule has 0 heterocycles. The standard InChI is InChI=1S/C18H30BrNO/c1-7-8-13(2)12-21-17-14(3)9-16(19)10-15(17)11-20-18(4,5)6/h9-10,13,20H,7-8,11-12H2,1-6H3. The minimum atomic E-state index is 0.100. The normalized spacial score (nSPS) is 13.3. The molecule has 1 rings (SSSR count). The molecule has 21 heavy (non-hydrogen) atoms. The maximum Gasteiger partial charge on any atom is 0.126 e. The molecule has 1 atom stereocenters. The van der Waals surface area contributed by atoms with E-state index in [1.54, 1.807) is 0 Å². The number of hydrogen-bond acceptors (Lipinski definition) is 2. The number of halogens is 1. The summed E-state index contributed by atoms with van der Waals surface area (Å²) >= 11 is 3.59. The van der Waals surface area contributed by atoms with Gasteiger partial charge in [-0.3, -0.25) is 0 Å². The molecule has 2 nitrogen and oxygen atoms in total. The minimum absolute atomic E-state index is 0.100. The Hall–Kier alpha value is -0.540.